The van der Waals surface area contributed by atoms with E-state index in [1.165, 1.54) is 22.3 Å². The van der Waals surface area contributed by atoms with Gasteiger partial charge in [0.25, 0.3) is 0 Å². The van der Waals surface area contributed by atoms with E-state index in [1.54, 1.807) is 0 Å². The second kappa shape index (κ2) is 7.50. The minimum atomic E-state index is 0.917. The van der Waals surface area contributed by atoms with Crippen molar-refractivity contribution in [1.29, 1.82) is 0 Å². The summed E-state index contributed by atoms with van der Waals surface area (Å²) in [5.74, 6) is 0. The smallest absolute Gasteiger partial charge is 0.161 e. The van der Waals surface area contributed by atoms with Crippen LogP contribution >= 0.6 is 0 Å². The molecule has 0 N–H and O–H groups in total. The van der Waals surface area contributed by atoms with Crippen LogP contribution in [-0.2, 0) is 0 Å². The van der Waals surface area contributed by atoms with E-state index in [0.717, 1.165) is 38.7 Å². The molecule has 0 spiro atoms. The van der Waals surface area contributed by atoms with Crippen LogP contribution in [0.4, 0.5) is 0 Å². The molecule has 0 radical (unpaired) electrons. The molecule has 2 nitrogen and oxygen atoms in total. The van der Waals surface area contributed by atoms with Crippen LogP contribution in [0.15, 0.2) is 132 Å². The Hall–Kier alpha value is -4.56. The molecule has 5 aromatic carbocycles. The van der Waals surface area contributed by atoms with Crippen molar-refractivity contribution in [2.75, 3.05) is 0 Å². The molecule has 0 atom stereocenters. The number of hydrogen-bond donors (Lipinski definition) is 0. The van der Waals surface area contributed by atoms with Crippen LogP contribution in [0.25, 0.3) is 60.9 Å². The maximum Gasteiger partial charge on any atom is 0.161 e. The summed E-state index contributed by atoms with van der Waals surface area (Å²) >= 11 is 0. The average molecular weight is 436 g/mol. The summed E-state index contributed by atoms with van der Waals surface area (Å²) in [6.07, 6.45) is 0. The molecule has 0 aliphatic rings. The standard InChI is InChI=1S/C32H21NO/c1-2-10-22(11-3-1)25-12-4-5-13-26(25)23-18-20-24(21-19-23)33-29-16-8-6-14-27(29)32-31(33)28-15-7-9-17-30(28)34-32/h1-21H. The first-order chi connectivity index (χ1) is 16.9. The van der Waals surface area contributed by atoms with Crippen LogP contribution in [0.2, 0.25) is 0 Å². The molecule has 0 saturated carbocycles. The van der Waals surface area contributed by atoms with Crippen LogP contribution < -0.4 is 0 Å². The van der Waals surface area contributed by atoms with Gasteiger partial charge in [0.05, 0.1) is 5.52 Å². The van der Waals surface area contributed by atoms with Gasteiger partial charge in [0.15, 0.2) is 5.58 Å². The van der Waals surface area contributed by atoms with Crippen molar-refractivity contribution < 1.29 is 4.42 Å². The molecule has 0 aliphatic carbocycles. The van der Waals surface area contributed by atoms with Gasteiger partial charge in [-0.15, -0.1) is 0 Å². The summed E-state index contributed by atoms with van der Waals surface area (Å²) in [6.45, 7) is 0. The molecule has 2 aromatic heterocycles. The molecular formula is C32H21NO. The summed E-state index contributed by atoms with van der Waals surface area (Å²) in [7, 11) is 0. The fraction of sp³-hybridized carbons (Fsp3) is 0. The second-order valence-corrected chi connectivity index (χ2v) is 8.59. The van der Waals surface area contributed by atoms with Crippen molar-refractivity contribution in [2.45, 2.75) is 0 Å². The van der Waals surface area contributed by atoms with Gasteiger partial charge in [-0.1, -0.05) is 91.0 Å². The van der Waals surface area contributed by atoms with Crippen molar-refractivity contribution in [3.8, 4) is 27.9 Å². The lowest BCUT2D eigenvalue weighted by atomic mass is 9.94. The summed E-state index contributed by atoms with van der Waals surface area (Å²) < 4.78 is 8.63. The Labute approximate surface area is 197 Å². The van der Waals surface area contributed by atoms with E-state index in [9.17, 15) is 0 Å². The number of furan rings is 1. The normalized spacial score (nSPS) is 11.5. The first-order valence-corrected chi connectivity index (χ1v) is 11.5. The predicted octanol–water partition coefficient (Wildman–Crippen LogP) is 8.86. The second-order valence-electron chi connectivity index (χ2n) is 8.59. The zero-order valence-electron chi connectivity index (χ0n) is 18.5. The largest absolute Gasteiger partial charge is 0.454 e. The first kappa shape index (κ1) is 19.0. The maximum atomic E-state index is 6.30. The highest BCUT2D eigenvalue weighted by Gasteiger charge is 2.18. The van der Waals surface area contributed by atoms with Gasteiger partial charge in [-0.05, 0) is 58.7 Å². The SMILES string of the molecule is c1ccc(-c2ccccc2-c2ccc(-n3c4ccccc4c4oc5ccccc5c43)cc2)cc1. The predicted molar refractivity (Wildman–Crippen MR) is 141 cm³/mol. The molecule has 7 rings (SSSR count). The van der Waals surface area contributed by atoms with Crippen LogP contribution in [0.5, 0.6) is 0 Å². The fourth-order valence-corrected chi connectivity index (χ4v) is 5.08. The van der Waals surface area contributed by atoms with Gasteiger partial charge in [-0.25, -0.2) is 0 Å². The molecule has 0 amide bonds. The molecule has 0 aliphatic heterocycles. The topological polar surface area (TPSA) is 18.1 Å². The van der Waals surface area contributed by atoms with Gasteiger partial charge in [0.1, 0.15) is 11.1 Å². The lowest BCUT2D eigenvalue weighted by Gasteiger charge is -2.12. The lowest BCUT2D eigenvalue weighted by molar-refractivity contribution is 0.673. The molecule has 0 fully saturated rings. The number of benzene rings is 5. The zero-order chi connectivity index (χ0) is 22.5. The fourth-order valence-electron chi connectivity index (χ4n) is 5.08. The third kappa shape index (κ3) is 2.82. The van der Waals surface area contributed by atoms with Gasteiger partial charge in [0.2, 0.25) is 0 Å². The van der Waals surface area contributed by atoms with E-state index < -0.39 is 0 Å². The maximum absolute atomic E-state index is 6.30. The van der Waals surface area contributed by atoms with Crippen molar-refractivity contribution in [2.24, 2.45) is 0 Å². The van der Waals surface area contributed by atoms with Crippen molar-refractivity contribution in [3.63, 3.8) is 0 Å². The molecule has 34 heavy (non-hydrogen) atoms. The Bertz CT molecular complexity index is 1780. The Morgan fingerprint density at radius 3 is 1.82 bits per heavy atom. The van der Waals surface area contributed by atoms with E-state index >= 15 is 0 Å². The Balaban J connectivity index is 1.43. The lowest BCUT2D eigenvalue weighted by Crippen LogP contribution is -1.94. The van der Waals surface area contributed by atoms with Gasteiger partial charge in [-0.2, -0.15) is 0 Å². The molecule has 2 heterocycles. The number of fused-ring (bicyclic) bond motifs is 5. The molecule has 7 aromatic rings. The van der Waals surface area contributed by atoms with Gasteiger partial charge in [0, 0.05) is 16.5 Å². The van der Waals surface area contributed by atoms with Crippen LogP contribution in [0.1, 0.15) is 0 Å². The van der Waals surface area contributed by atoms with Crippen molar-refractivity contribution in [1.82, 2.24) is 4.57 Å². The minimum absolute atomic E-state index is 0.917. The number of hydrogen-bond acceptors (Lipinski definition) is 1. The van der Waals surface area contributed by atoms with E-state index in [2.05, 4.69) is 120 Å². The van der Waals surface area contributed by atoms with E-state index in [1.807, 2.05) is 12.1 Å². The summed E-state index contributed by atoms with van der Waals surface area (Å²) in [6, 6.07) is 44.8. The highest BCUT2D eigenvalue weighted by Crippen LogP contribution is 2.39. The highest BCUT2D eigenvalue weighted by atomic mass is 16.3. The molecular weight excluding hydrogens is 414 g/mol. The average Bonchev–Trinajstić information content (AvgIpc) is 3.44. The van der Waals surface area contributed by atoms with Gasteiger partial charge < -0.3 is 8.98 Å². The Kier molecular flexibility index (Phi) is 4.18. The minimum Gasteiger partial charge on any atom is -0.454 e. The van der Waals surface area contributed by atoms with Crippen LogP contribution in [-0.4, -0.2) is 4.57 Å². The summed E-state index contributed by atoms with van der Waals surface area (Å²) in [5, 5.41) is 2.26. The van der Waals surface area contributed by atoms with Gasteiger partial charge >= 0.3 is 0 Å². The van der Waals surface area contributed by atoms with Crippen molar-refractivity contribution in [3.05, 3.63) is 127 Å². The van der Waals surface area contributed by atoms with Gasteiger partial charge in [-0.3, -0.25) is 0 Å². The first-order valence-electron chi connectivity index (χ1n) is 11.5. The Morgan fingerprint density at radius 2 is 1.06 bits per heavy atom. The van der Waals surface area contributed by atoms with Crippen LogP contribution in [0.3, 0.4) is 0 Å². The van der Waals surface area contributed by atoms with Crippen molar-refractivity contribution >= 4 is 33.0 Å². The Morgan fingerprint density at radius 1 is 0.471 bits per heavy atom. The highest BCUT2D eigenvalue weighted by molar-refractivity contribution is 6.16. The molecule has 2 heteroatoms. The number of nitrogens with zero attached hydrogens (tertiary/aromatic N) is 1. The van der Waals surface area contributed by atoms with E-state index in [0.29, 0.717) is 0 Å². The summed E-state index contributed by atoms with van der Waals surface area (Å²) in [4.78, 5) is 0. The molecule has 160 valence electrons. The monoisotopic (exact) mass is 435 g/mol. The van der Waals surface area contributed by atoms with E-state index in [4.69, 9.17) is 4.42 Å². The molecule has 0 saturated heterocycles. The third-order valence-electron chi connectivity index (χ3n) is 6.63. The third-order valence-corrected chi connectivity index (χ3v) is 6.63. The molecule has 0 unspecified atom stereocenters. The van der Waals surface area contributed by atoms with E-state index in [-0.39, 0.29) is 0 Å². The number of aromatic nitrogens is 1. The number of para-hydroxylation sites is 2. The quantitative estimate of drug-likeness (QED) is 0.271. The summed E-state index contributed by atoms with van der Waals surface area (Å²) in [5.41, 5.74) is 10.2. The number of rotatable bonds is 3. The molecule has 0 bridgehead atoms. The zero-order valence-corrected chi connectivity index (χ0v) is 18.5. The van der Waals surface area contributed by atoms with Crippen LogP contribution in [0, 0.1) is 0 Å².